The summed E-state index contributed by atoms with van der Waals surface area (Å²) in [5.74, 6) is -0.762. The van der Waals surface area contributed by atoms with Gasteiger partial charge in [-0.1, -0.05) is 6.07 Å². The summed E-state index contributed by atoms with van der Waals surface area (Å²) in [6.45, 7) is 3.25. The molecule has 1 heterocycles. The summed E-state index contributed by atoms with van der Waals surface area (Å²) in [6.07, 6.45) is 0. The van der Waals surface area contributed by atoms with E-state index in [1.807, 2.05) is 0 Å². The molecule has 0 unspecified atom stereocenters. The lowest BCUT2D eigenvalue weighted by atomic mass is 10.1. The molecule has 0 aliphatic carbocycles. The monoisotopic (exact) mass is 279 g/mol. The zero-order valence-corrected chi connectivity index (χ0v) is 11.2. The number of nitro groups is 1. The van der Waals surface area contributed by atoms with Crippen LogP contribution in [0.4, 0.5) is 14.9 Å². The number of benzene rings is 1. The van der Waals surface area contributed by atoms with E-state index in [2.05, 4.69) is 4.90 Å². The second-order valence-corrected chi connectivity index (χ2v) is 4.83. The van der Waals surface area contributed by atoms with Crippen LogP contribution in [0.3, 0.4) is 0 Å². The fourth-order valence-electron chi connectivity index (χ4n) is 2.28. The minimum Gasteiger partial charge on any atom is -0.349 e. The third kappa shape index (κ3) is 3.33. The first-order valence-electron chi connectivity index (χ1n) is 6.38. The largest absolute Gasteiger partial charge is 0.349 e. The Morgan fingerprint density at radius 1 is 1.35 bits per heavy atom. The predicted molar refractivity (Wildman–Crippen MR) is 73.8 cm³/mol. The van der Waals surface area contributed by atoms with E-state index in [0.717, 1.165) is 6.07 Å². The standard InChI is InChI=1S/C12H15BFN3O3/c13-12(18)16-5-3-15(4-6-16)8-9-1-2-10(14)11(7-9)17(19)20/h1-2,7H,3-6,8,13H2. The summed E-state index contributed by atoms with van der Waals surface area (Å²) in [5, 5.41) is 10.7. The van der Waals surface area contributed by atoms with Crippen molar-refractivity contribution >= 4 is 19.3 Å². The Kier molecular flexibility index (Phi) is 4.34. The molecule has 1 amide bonds. The maximum atomic E-state index is 13.2. The molecule has 1 aromatic rings. The highest BCUT2D eigenvalue weighted by molar-refractivity contribution is 6.56. The third-order valence-corrected chi connectivity index (χ3v) is 3.43. The quantitative estimate of drug-likeness (QED) is 0.462. The van der Waals surface area contributed by atoms with Crippen LogP contribution in [0.25, 0.3) is 0 Å². The van der Waals surface area contributed by atoms with E-state index in [4.69, 9.17) is 0 Å². The van der Waals surface area contributed by atoms with Crippen LogP contribution >= 0.6 is 0 Å². The van der Waals surface area contributed by atoms with Crippen LogP contribution in [0.1, 0.15) is 5.56 Å². The van der Waals surface area contributed by atoms with E-state index in [-0.39, 0.29) is 5.81 Å². The Balaban J connectivity index is 1.99. The van der Waals surface area contributed by atoms with Gasteiger partial charge in [-0.15, -0.1) is 0 Å². The molecule has 106 valence electrons. The van der Waals surface area contributed by atoms with Crippen molar-refractivity contribution in [2.24, 2.45) is 0 Å². The highest BCUT2D eigenvalue weighted by Gasteiger charge is 2.20. The Bertz CT molecular complexity index is 533. The molecule has 0 N–H and O–H groups in total. The van der Waals surface area contributed by atoms with Gasteiger partial charge in [0.2, 0.25) is 13.7 Å². The molecule has 0 spiro atoms. The van der Waals surface area contributed by atoms with Crippen LogP contribution in [-0.2, 0) is 6.54 Å². The summed E-state index contributed by atoms with van der Waals surface area (Å²) in [7, 11) is 1.54. The second kappa shape index (κ2) is 6.00. The van der Waals surface area contributed by atoms with E-state index < -0.39 is 16.4 Å². The second-order valence-electron chi connectivity index (χ2n) is 4.83. The number of hydrogen-bond acceptors (Lipinski definition) is 4. The van der Waals surface area contributed by atoms with Gasteiger partial charge in [-0.3, -0.25) is 19.8 Å². The first-order valence-corrected chi connectivity index (χ1v) is 6.38. The summed E-state index contributed by atoms with van der Waals surface area (Å²) >= 11 is 0. The lowest BCUT2D eigenvalue weighted by molar-refractivity contribution is -0.387. The smallest absolute Gasteiger partial charge is 0.305 e. The molecule has 0 radical (unpaired) electrons. The maximum absolute atomic E-state index is 13.2. The topological polar surface area (TPSA) is 66.7 Å². The average molecular weight is 279 g/mol. The Hall–Kier alpha value is -1.96. The molecule has 0 atom stereocenters. The first kappa shape index (κ1) is 14.5. The van der Waals surface area contributed by atoms with Crippen molar-refractivity contribution in [1.82, 2.24) is 9.80 Å². The van der Waals surface area contributed by atoms with Gasteiger partial charge in [0.15, 0.2) is 5.81 Å². The molecule has 0 aromatic heterocycles. The highest BCUT2D eigenvalue weighted by atomic mass is 19.1. The number of carbonyl (C=O) groups is 1. The number of amides is 1. The van der Waals surface area contributed by atoms with Gasteiger partial charge in [0, 0.05) is 38.8 Å². The number of hydrogen-bond donors (Lipinski definition) is 0. The van der Waals surface area contributed by atoms with Crippen molar-refractivity contribution in [3.63, 3.8) is 0 Å². The highest BCUT2D eigenvalue weighted by Crippen LogP contribution is 2.20. The van der Waals surface area contributed by atoms with Crippen LogP contribution in [-0.4, -0.2) is 54.6 Å². The minimum absolute atomic E-state index is 0.0575. The molecule has 0 bridgehead atoms. The van der Waals surface area contributed by atoms with Gasteiger partial charge in [-0.05, 0) is 11.6 Å². The summed E-state index contributed by atoms with van der Waals surface area (Å²) in [5.41, 5.74) is 0.208. The number of nitro benzene ring substituents is 1. The van der Waals surface area contributed by atoms with Crippen LogP contribution in [0, 0.1) is 15.9 Å². The number of halogens is 1. The van der Waals surface area contributed by atoms with Crippen molar-refractivity contribution in [3.8, 4) is 0 Å². The maximum Gasteiger partial charge on any atom is 0.305 e. The summed E-state index contributed by atoms with van der Waals surface area (Å²) < 4.78 is 13.2. The van der Waals surface area contributed by atoms with Crippen molar-refractivity contribution in [1.29, 1.82) is 0 Å². The van der Waals surface area contributed by atoms with Crippen molar-refractivity contribution < 1.29 is 14.1 Å². The Morgan fingerprint density at radius 2 is 2.00 bits per heavy atom. The van der Waals surface area contributed by atoms with Gasteiger partial charge < -0.3 is 4.90 Å². The van der Waals surface area contributed by atoms with Crippen LogP contribution in [0.15, 0.2) is 18.2 Å². The van der Waals surface area contributed by atoms with Crippen molar-refractivity contribution in [2.75, 3.05) is 26.2 Å². The zero-order valence-electron chi connectivity index (χ0n) is 11.2. The van der Waals surface area contributed by atoms with Crippen LogP contribution in [0.2, 0.25) is 0 Å². The van der Waals surface area contributed by atoms with Gasteiger partial charge in [-0.2, -0.15) is 4.39 Å². The molecule has 2 rings (SSSR count). The molecule has 1 fully saturated rings. The lowest BCUT2D eigenvalue weighted by Crippen LogP contribution is -2.47. The van der Waals surface area contributed by atoms with E-state index in [0.29, 0.717) is 38.3 Å². The normalized spacial score (nSPS) is 16.1. The van der Waals surface area contributed by atoms with Gasteiger partial charge in [0.05, 0.1) is 4.92 Å². The molecular formula is C12H15BFN3O3. The molecule has 6 nitrogen and oxygen atoms in total. The fraction of sp³-hybridized carbons (Fsp3) is 0.417. The van der Waals surface area contributed by atoms with Crippen molar-refractivity contribution in [3.05, 3.63) is 39.7 Å². The minimum atomic E-state index is -0.819. The van der Waals surface area contributed by atoms with Gasteiger partial charge in [0.25, 0.3) is 0 Å². The molecule has 8 heteroatoms. The van der Waals surface area contributed by atoms with Gasteiger partial charge in [0.1, 0.15) is 0 Å². The SMILES string of the molecule is BC(=O)N1CCN(Cc2ccc(F)c([N+](=O)[O-])c2)CC1. The van der Waals surface area contributed by atoms with E-state index >= 15 is 0 Å². The van der Waals surface area contributed by atoms with Crippen molar-refractivity contribution in [2.45, 2.75) is 6.54 Å². The molecule has 1 saturated heterocycles. The molecule has 1 aliphatic heterocycles. The number of nitrogens with zero attached hydrogens (tertiary/aromatic N) is 3. The molecular weight excluding hydrogens is 264 g/mol. The first-order chi connectivity index (χ1) is 9.47. The molecule has 1 aromatic carbocycles. The summed E-state index contributed by atoms with van der Waals surface area (Å²) in [6, 6.07) is 3.95. The lowest BCUT2D eigenvalue weighted by Gasteiger charge is -2.34. The Morgan fingerprint density at radius 3 is 2.55 bits per heavy atom. The van der Waals surface area contributed by atoms with E-state index in [9.17, 15) is 19.3 Å². The van der Waals surface area contributed by atoms with E-state index in [1.54, 1.807) is 18.8 Å². The van der Waals surface area contributed by atoms with Crippen LogP contribution < -0.4 is 0 Å². The molecule has 20 heavy (non-hydrogen) atoms. The number of carbonyl (C=O) groups excluding carboxylic acids is 1. The Labute approximate surface area is 116 Å². The van der Waals surface area contributed by atoms with Gasteiger partial charge in [-0.25, -0.2) is 0 Å². The number of piperazine rings is 1. The predicted octanol–water partition coefficient (Wildman–Crippen LogP) is 0.605. The number of rotatable bonds is 3. The zero-order chi connectivity index (χ0) is 14.7. The van der Waals surface area contributed by atoms with E-state index in [1.165, 1.54) is 6.07 Å². The van der Waals surface area contributed by atoms with Crippen LogP contribution in [0.5, 0.6) is 0 Å². The van der Waals surface area contributed by atoms with Gasteiger partial charge >= 0.3 is 5.69 Å². The molecule has 1 aliphatic rings. The fourth-order valence-corrected chi connectivity index (χ4v) is 2.28. The third-order valence-electron chi connectivity index (χ3n) is 3.43. The average Bonchev–Trinajstić information content (AvgIpc) is 2.41. The molecule has 0 saturated carbocycles. The summed E-state index contributed by atoms with van der Waals surface area (Å²) in [4.78, 5) is 25.0.